The van der Waals surface area contributed by atoms with Gasteiger partial charge in [-0.1, -0.05) is 6.07 Å². The van der Waals surface area contributed by atoms with Crippen LogP contribution in [0.4, 0.5) is 18.9 Å². The van der Waals surface area contributed by atoms with E-state index < -0.39 is 12.3 Å². The molecule has 0 atom stereocenters. The minimum Gasteiger partial charge on any atom is -0.484 e. The minimum absolute atomic E-state index is 0.196. The molecule has 1 fully saturated rings. The number of anilines is 1. The van der Waals surface area contributed by atoms with E-state index in [1.165, 1.54) is 18.2 Å². The van der Waals surface area contributed by atoms with Crippen LogP contribution in [0.5, 0.6) is 11.5 Å². The van der Waals surface area contributed by atoms with Crippen LogP contribution in [-0.2, 0) is 4.79 Å². The highest BCUT2D eigenvalue weighted by atomic mass is 19.4. The van der Waals surface area contributed by atoms with Gasteiger partial charge in [0.2, 0.25) is 0 Å². The third kappa shape index (κ3) is 6.19. The van der Waals surface area contributed by atoms with Crippen molar-refractivity contribution in [1.29, 1.82) is 0 Å². The molecule has 0 bridgehead atoms. The Labute approximate surface area is 158 Å². The highest BCUT2D eigenvalue weighted by molar-refractivity contribution is 5.95. The fourth-order valence-corrected chi connectivity index (χ4v) is 2.31. The van der Waals surface area contributed by atoms with E-state index >= 15 is 0 Å². The predicted molar refractivity (Wildman–Crippen MR) is 94.2 cm³/mol. The van der Waals surface area contributed by atoms with E-state index in [9.17, 15) is 22.8 Å². The number of hydrogen-bond donors (Lipinski definition) is 2. The van der Waals surface area contributed by atoms with Crippen molar-refractivity contribution in [1.82, 2.24) is 5.32 Å². The van der Waals surface area contributed by atoms with Gasteiger partial charge in [-0.25, -0.2) is 0 Å². The Hall–Kier alpha value is -3.23. The van der Waals surface area contributed by atoms with Crippen molar-refractivity contribution in [2.45, 2.75) is 25.2 Å². The van der Waals surface area contributed by atoms with E-state index in [0.29, 0.717) is 17.0 Å². The highest BCUT2D eigenvalue weighted by Gasteiger charge is 2.31. The minimum atomic E-state index is -4.78. The van der Waals surface area contributed by atoms with Crippen LogP contribution in [-0.4, -0.2) is 30.8 Å². The van der Waals surface area contributed by atoms with Crippen LogP contribution in [0.15, 0.2) is 48.5 Å². The van der Waals surface area contributed by atoms with Gasteiger partial charge in [-0.15, -0.1) is 13.2 Å². The maximum atomic E-state index is 12.1. The second-order valence-electron chi connectivity index (χ2n) is 6.18. The van der Waals surface area contributed by atoms with E-state index in [-0.39, 0.29) is 24.3 Å². The third-order valence-electron chi connectivity index (χ3n) is 3.75. The number of carbonyl (C=O) groups is 2. The first-order valence-electron chi connectivity index (χ1n) is 8.48. The van der Waals surface area contributed by atoms with Gasteiger partial charge in [0.05, 0.1) is 0 Å². The van der Waals surface area contributed by atoms with Crippen LogP contribution in [0, 0.1) is 0 Å². The summed E-state index contributed by atoms with van der Waals surface area (Å²) in [5.74, 6) is -0.730. The van der Waals surface area contributed by atoms with Crippen molar-refractivity contribution >= 4 is 17.5 Å². The quantitative estimate of drug-likeness (QED) is 0.754. The maximum absolute atomic E-state index is 12.1. The Morgan fingerprint density at radius 1 is 1.04 bits per heavy atom. The summed E-state index contributed by atoms with van der Waals surface area (Å²) in [6.45, 7) is -0.325. The molecule has 9 heteroatoms. The molecular weight excluding hydrogens is 377 g/mol. The van der Waals surface area contributed by atoms with Gasteiger partial charge in [-0.3, -0.25) is 9.59 Å². The first-order valence-corrected chi connectivity index (χ1v) is 8.48. The lowest BCUT2D eigenvalue weighted by Gasteiger charge is -2.11. The zero-order chi connectivity index (χ0) is 20.1. The molecule has 2 aromatic carbocycles. The Balaban J connectivity index is 1.49. The Kier molecular flexibility index (Phi) is 5.72. The summed E-state index contributed by atoms with van der Waals surface area (Å²) in [6, 6.07) is 11.4. The van der Waals surface area contributed by atoms with Gasteiger partial charge in [0.15, 0.2) is 6.61 Å². The first kappa shape index (κ1) is 19.5. The molecule has 0 heterocycles. The molecule has 0 saturated heterocycles. The summed E-state index contributed by atoms with van der Waals surface area (Å²) in [5, 5.41) is 5.35. The number of benzene rings is 2. The fraction of sp³-hybridized carbons (Fsp3) is 0.263. The van der Waals surface area contributed by atoms with Gasteiger partial charge in [0.25, 0.3) is 11.8 Å². The van der Waals surface area contributed by atoms with Gasteiger partial charge in [-0.2, -0.15) is 0 Å². The van der Waals surface area contributed by atoms with Crippen molar-refractivity contribution in [3.8, 4) is 11.5 Å². The smallest absolute Gasteiger partial charge is 0.484 e. The molecule has 0 radical (unpaired) electrons. The lowest BCUT2D eigenvalue weighted by atomic mass is 10.2. The van der Waals surface area contributed by atoms with Crippen molar-refractivity contribution in [3.63, 3.8) is 0 Å². The largest absolute Gasteiger partial charge is 0.573 e. The zero-order valence-electron chi connectivity index (χ0n) is 14.6. The normalized spacial score (nSPS) is 13.5. The molecule has 6 nitrogen and oxygen atoms in total. The maximum Gasteiger partial charge on any atom is 0.573 e. The van der Waals surface area contributed by atoms with Crippen LogP contribution in [0.2, 0.25) is 0 Å². The number of halogens is 3. The van der Waals surface area contributed by atoms with Gasteiger partial charge in [0, 0.05) is 17.3 Å². The summed E-state index contributed by atoms with van der Waals surface area (Å²) in [4.78, 5) is 24.0. The number of carbonyl (C=O) groups excluding carboxylic acids is 2. The summed E-state index contributed by atoms with van der Waals surface area (Å²) in [5.41, 5.74) is 0.728. The Morgan fingerprint density at radius 3 is 2.39 bits per heavy atom. The molecule has 148 valence electrons. The van der Waals surface area contributed by atoms with Crippen LogP contribution in [0.25, 0.3) is 0 Å². The van der Waals surface area contributed by atoms with Crippen LogP contribution in [0.3, 0.4) is 0 Å². The second-order valence-corrected chi connectivity index (χ2v) is 6.18. The fourth-order valence-electron chi connectivity index (χ4n) is 2.31. The number of ether oxygens (including phenoxy) is 2. The van der Waals surface area contributed by atoms with Gasteiger partial charge >= 0.3 is 6.36 Å². The lowest BCUT2D eigenvalue weighted by molar-refractivity contribution is -0.274. The summed E-state index contributed by atoms with van der Waals surface area (Å²) >= 11 is 0. The van der Waals surface area contributed by atoms with E-state index in [1.54, 1.807) is 18.2 Å². The Morgan fingerprint density at radius 2 is 1.75 bits per heavy atom. The zero-order valence-corrected chi connectivity index (χ0v) is 14.6. The summed E-state index contributed by atoms with van der Waals surface area (Å²) < 4.78 is 45.5. The van der Waals surface area contributed by atoms with Crippen molar-refractivity contribution < 1.29 is 32.2 Å². The molecule has 2 aromatic rings. The van der Waals surface area contributed by atoms with E-state index in [0.717, 1.165) is 25.0 Å². The van der Waals surface area contributed by atoms with Crippen LogP contribution in [0.1, 0.15) is 23.2 Å². The molecule has 1 aliphatic rings. The highest BCUT2D eigenvalue weighted by Crippen LogP contribution is 2.24. The molecule has 0 aliphatic heterocycles. The molecule has 2 amide bonds. The van der Waals surface area contributed by atoms with Gasteiger partial charge in [0.1, 0.15) is 11.5 Å². The average Bonchev–Trinajstić information content (AvgIpc) is 3.45. The monoisotopic (exact) mass is 394 g/mol. The van der Waals surface area contributed by atoms with Gasteiger partial charge < -0.3 is 20.1 Å². The number of amides is 2. The molecule has 0 unspecified atom stereocenters. The predicted octanol–water partition coefficient (Wildman–Crippen LogP) is 3.49. The van der Waals surface area contributed by atoms with E-state index in [1.807, 2.05) is 0 Å². The molecular formula is C19H17F3N2O4. The first-order chi connectivity index (χ1) is 13.3. The van der Waals surface area contributed by atoms with Gasteiger partial charge in [-0.05, 0) is 55.3 Å². The molecule has 0 spiro atoms. The molecule has 2 N–H and O–H groups in total. The Bertz CT molecular complexity index is 849. The lowest BCUT2D eigenvalue weighted by Crippen LogP contribution is -2.25. The van der Waals surface area contributed by atoms with E-state index in [2.05, 4.69) is 15.4 Å². The summed E-state index contributed by atoms with van der Waals surface area (Å²) in [7, 11) is 0. The molecule has 3 rings (SSSR count). The molecule has 28 heavy (non-hydrogen) atoms. The van der Waals surface area contributed by atoms with Crippen LogP contribution < -0.4 is 20.1 Å². The molecule has 1 saturated carbocycles. The number of alkyl halides is 3. The van der Waals surface area contributed by atoms with Crippen molar-refractivity contribution in [2.75, 3.05) is 11.9 Å². The van der Waals surface area contributed by atoms with E-state index in [4.69, 9.17) is 4.74 Å². The van der Waals surface area contributed by atoms with Crippen molar-refractivity contribution in [3.05, 3.63) is 54.1 Å². The number of nitrogens with one attached hydrogen (secondary N) is 2. The second kappa shape index (κ2) is 8.20. The molecule has 1 aliphatic carbocycles. The third-order valence-corrected chi connectivity index (χ3v) is 3.75. The average molecular weight is 394 g/mol. The standard InChI is InChI=1S/C19H17F3N2O4/c20-19(21,22)28-15-8-6-13(7-9-15)23-17(25)11-27-16-3-1-2-12(10-16)18(26)24-14-4-5-14/h1-3,6-10,14H,4-5,11H2,(H,23,25)(H,24,26). The summed E-state index contributed by atoms with van der Waals surface area (Å²) in [6.07, 6.45) is -2.82. The topological polar surface area (TPSA) is 76.7 Å². The van der Waals surface area contributed by atoms with Crippen molar-refractivity contribution in [2.24, 2.45) is 0 Å². The number of rotatable bonds is 7. The number of hydrogen-bond acceptors (Lipinski definition) is 4. The molecule has 0 aromatic heterocycles. The SMILES string of the molecule is O=C(COc1cccc(C(=O)NC2CC2)c1)Nc1ccc(OC(F)(F)F)cc1. The van der Waals surface area contributed by atoms with Crippen LogP contribution >= 0.6 is 0 Å².